The van der Waals surface area contributed by atoms with Gasteiger partial charge in [-0.25, -0.2) is 14.4 Å². The molecule has 0 aliphatic carbocycles. The summed E-state index contributed by atoms with van der Waals surface area (Å²) < 4.78 is 10.9. The molecule has 0 radical (unpaired) electrons. The van der Waals surface area contributed by atoms with Crippen LogP contribution in [0.2, 0.25) is 5.02 Å². The van der Waals surface area contributed by atoms with Gasteiger partial charge in [-0.05, 0) is 94.6 Å². The molecule has 0 unspecified atom stereocenters. The van der Waals surface area contributed by atoms with Crippen LogP contribution in [0.15, 0.2) is 60.7 Å². The molecule has 0 aliphatic rings. The Morgan fingerprint density at radius 2 is 1.45 bits per heavy atom. The second-order valence-electron chi connectivity index (χ2n) is 11.1. The van der Waals surface area contributed by atoms with Gasteiger partial charge < -0.3 is 14.6 Å². The number of Topliss-reactive ketones (excluding diaryl/α,β-unsaturated/α-hetero) is 1. The third kappa shape index (κ3) is 8.16. The summed E-state index contributed by atoms with van der Waals surface area (Å²) in [6, 6.07) is 15.5. The first-order chi connectivity index (χ1) is 18.5. The minimum absolute atomic E-state index is 0.0156. The molecule has 3 aromatic rings. The zero-order valence-corrected chi connectivity index (χ0v) is 24.0. The molecule has 0 bridgehead atoms. The third-order valence-electron chi connectivity index (χ3n) is 5.46. The Bertz CT molecular complexity index is 1470. The fourth-order valence-corrected chi connectivity index (χ4v) is 4.05. The van der Waals surface area contributed by atoms with Crippen molar-refractivity contribution in [3.63, 3.8) is 0 Å². The lowest BCUT2D eigenvalue weighted by atomic mass is 9.90. The SMILES string of the molecule is CC(C)(C)OC(=O)Nc1ccccc1CC(=O)c1ccc(Cl)cc1-c1ccc(C(=O)O)cc1C(=O)OC(C)(C)C. The monoisotopic (exact) mass is 565 g/mol. The Balaban J connectivity index is 2.05. The third-order valence-corrected chi connectivity index (χ3v) is 5.70. The summed E-state index contributed by atoms with van der Waals surface area (Å²) >= 11 is 6.30. The fourth-order valence-electron chi connectivity index (χ4n) is 3.87. The van der Waals surface area contributed by atoms with Crippen molar-refractivity contribution in [2.45, 2.75) is 59.2 Å². The highest BCUT2D eigenvalue weighted by molar-refractivity contribution is 6.31. The summed E-state index contributed by atoms with van der Waals surface area (Å²) in [5, 5.41) is 12.5. The topological polar surface area (TPSA) is 119 Å². The lowest BCUT2D eigenvalue weighted by Crippen LogP contribution is -2.27. The standard InChI is InChI=1S/C31H32ClNO7/c1-30(2,3)39-28(37)24-15-19(27(35)36)11-13-21(24)23-17-20(32)12-14-22(23)26(34)16-18-9-7-8-10-25(18)33-29(38)40-31(4,5)6/h7-15,17H,16H2,1-6H3,(H,33,38)(H,35,36). The molecule has 0 aliphatic heterocycles. The number of hydrogen-bond acceptors (Lipinski definition) is 6. The van der Waals surface area contributed by atoms with Crippen LogP contribution in [0.25, 0.3) is 11.1 Å². The van der Waals surface area contributed by atoms with Gasteiger partial charge >= 0.3 is 18.0 Å². The number of benzene rings is 3. The number of halogens is 1. The van der Waals surface area contributed by atoms with Crippen LogP contribution in [-0.2, 0) is 15.9 Å². The van der Waals surface area contributed by atoms with Crippen molar-refractivity contribution in [2.24, 2.45) is 0 Å². The summed E-state index contributed by atoms with van der Waals surface area (Å²) in [5.74, 6) is -2.27. The Morgan fingerprint density at radius 1 is 0.800 bits per heavy atom. The van der Waals surface area contributed by atoms with Crippen molar-refractivity contribution in [3.8, 4) is 11.1 Å². The van der Waals surface area contributed by atoms with E-state index in [0.717, 1.165) is 0 Å². The Morgan fingerprint density at radius 3 is 2.08 bits per heavy atom. The molecule has 0 saturated carbocycles. The first kappa shape index (κ1) is 30.4. The van der Waals surface area contributed by atoms with Crippen LogP contribution in [0, 0.1) is 0 Å². The first-order valence-corrected chi connectivity index (χ1v) is 12.9. The molecule has 0 atom stereocenters. The Hall–Kier alpha value is -4.17. The zero-order valence-electron chi connectivity index (χ0n) is 23.3. The fraction of sp³-hybridized carbons (Fsp3) is 0.290. The number of carboxylic acids is 1. The molecule has 0 aromatic heterocycles. The lowest BCUT2D eigenvalue weighted by molar-refractivity contribution is 0.00700. The van der Waals surface area contributed by atoms with Gasteiger partial charge in [0.15, 0.2) is 5.78 Å². The molecule has 3 rings (SSSR count). The molecule has 40 heavy (non-hydrogen) atoms. The molecule has 210 valence electrons. The van der Waals surface area contributed by atoms with E-state index in [1.807, 2.05) is 0 Å². The highest BCUT2D eigenvalue weighted by atomic mass is 35.5. The maximum absolute atomic E-state index is 13.7. The van der Waals surface area contributed by atoms with E-state index in [2.05, 4.69) is 5.32 Å². The molecule has 0 heterocycles. The van der Waals surface area contributed by atoms with Crippen LogP contribution in [-0.4, -0.2) is 40.1 Å². The van der Waals surface area contributed by atoms with E-state index in [1.165, 1.54) is 18.2 Å². The second-order valence-corrected chi connectivity index (χ2v) is 11.6. The summed E-state index contributed by atoms with van der Waals surface area (Å²) in [7, 11) is 0. The van der Waals surface area contributed by atoms with Crippen LogP contribution >= 0.6 is 11.6 Å². The van der Waals surface area contributed by atoms with Gasteiger partial charge in [0.1, 0.15) is 11.2 Å². The number of ether oxygens (including phenoxy) is 2. The van der Waals surface area contributed by atoms with E-state index in [9.17, 15) is 24.3 Å². The highest BCUT2D eigenvalue weighted by Gasteiger charge is 2.25. The number of carbonyl (C=O) groups excluding carboxylic acids is 3. The molecule has 0 saturated heterocycles. The molecule has 0 spiro atoms. The lowest BCUT2D eigenvalue weighted by Gasteiger charge is -2.21. The molecular weight excluding hydrogens is 534 g/mol. The molecule has 2 N–H and O–H groups in total. The van der Waals surface area contributed by atoms with E-state index >= 15 is 0 Å². The molecule has 1 amide bonds. The smallest absolute Gasteiger partial charge is 0.412 e. The van der Waals surface area contributed by atoms with Gasteiger partial charge in [0.05, 0.1) is 11.1 Å². The van der Waals surface area contributed by atoms with E-state index in [4.69, 9.17) is 21.1 Å². The number of ketones is 1. The molecule has 9 heteroatoms. The number of esters is 1. The van der Waals surface area contributed by atoms with E-state index in [0.29, 0.717) is 27.4 Å². The number of amides is 1. The van der Waals surface area contributed by atoms with Crippen molar-refractivity contribution < 1.29 is 33.8 Å². The predicted molar refractivity (Wildman–Crippen MR) is 153 cm³/mol. The highest BCUT2D eigenvalue weighted by Crippen LogP contribution is 2.33. The van der Waals surface area contributed by atoms with Crippen LogP contribution in [0.1, 0.15) is 78.2 Å². The van der Waals surface area contributed by atoms with Gasteiger partial charge in [0, 0.05) is 22.7 Å². The number of carbonyl (C=O) groups is 4. The Kier molecular flexibility index (Phi) is 9.05. The largest absolute Gasteiger partial charge is 0.478 e. The minimum Gasteiger partial charge on any atom is -0.478 e. The first-order valence-electron chi connectivity index (χ1n) is 12.6. The maximum atomic E-state index is 13.7. The quantitative estimate of drug-likeness (QED) is 0.226. The van der Waals surface area contributed by atoms with Crippen molar-refractivity contribution >= 4 is 41.1 Å². The van der Waals surface area contributed by atoms with Crippen molar-refractivity contribution in [3.05, 3.63) is 87.9 Å². The number of hydrogen-bond donors (Lipinski definition) is 2. The maximum Gasteiger partial charge on any atom is 0.412 e. The average Bonchev–Trinajstić information content (AvgIpc) is 2.82. The van der Waals surface area contributed by atoms with E-state index < -0.39 is 29.2 Å². The Labute approximate surface area is 238 Å². The number of aromatic carboxylic acids is 1. The summed E-state index contributed by atoms with van der Waals surface area (Å²) in [6.45, 7) is 10.3. The van der Waals surface area contributed by atoms with Crippen LogP contribution in [0.5, 0.6) is 0 Å². The van der Waals surface area contributed by atoms with Gasteiger partial charge in [0.2, 0.25) is 0 Å². The normalized spacial score (nSPS) is 11.5. The number of nitrogens with one attached hydrogen (secondary N) is 1. The van der Waals surface area contributed by atoms with Crippen molar-refractivity contribution in [2.75, 3.05) is 5.32 Å². The van der Waals surface area contributed by atoms with E-state index in [-0.39, 0.29) is 28.9 Å². The van der Waals surface area contributed by atoms with Gasteiger partial charge in [-0.15, -0.1) is 0 Å². The minimum atomic E-state index is -1.21. The average molecular weight is 566 g/mol. The molecule has 3 aromatic carbocycles. The predicted octanol–water partition coefficient (Wildman–Crippen LogP) is 7.43. The van der Waals surface area contributed by atoms with Gasteiger partial charge in [-0.3, -0.25) is 10.1 Å². The molecular formula is C31H32ClNO7. The van der Waals surface area contributed by atoms with Crippen molar-refractivity contribution in [1.82, 2.24) is 0 Å². The van der Waals surface area contributed by atoms with Gasteiger partial charge in [-0.2, -0.15) is 0 Å². The number of rotatable bonds is 7. The number of para-hydroxylation sites is 1. The van der Waals surface area contributed by atoms with Crippen LogP contribution in [0.4, 0.5) is 10.5 Å². The summed E-state index contributed by atoms with van der Waals surface area (Å²) in [4.78, 5) is 50.9. The molecule has 0 fully saturated rings. The van der Waals surface area contributed by atoms with Crippen LogP contribution < -0.4 is 5.32 Å². The van der Waals surface area contributed by atoms with Gasteiger partial charge in [0.25, 0.3) is 0 Å². The number of anilines is 1. The van der Waals surface area contributed by atoms with Gasteiger partial charge in [-0.1, -0.05) is 35.9 Å². The zero-order chi connectivity index (χ0) is 29.8. The molecule has 8 nitrogen and oxygen atoms in total. The van der Waals surface area contributed by atoms with Crippen LogP contribution in [0.3, 0.4) is 0 Å². The van der Waals surface area contributed by atoms with Crippen molar-refractivity contribution in [1.29, 1.82) is 0 Å². The second kappa shape index (κ2) is 11.9. The summed E-state index contributed by atoms with van der Waals surface area (Å²) in [5.41, 5.74) is 0.191. The van der Waals surface area contributed by atoms with E-state index in [1.54, 1.807) is 84.0 Å². The summed E-state index contributed by atoms with van der Waals surface area (Å²) in [6.07, 6.45) is -0.740. The number of carboxylic acid groups (broad SMARTS) is 1.